The van der Waals surface area contributed by atoms with E-state index in [9.17, 15) is 9.18 Å². The predicted molar refractivity (Wildman–Crippen MR) is 115 cm³/mol. The summed E-state index contributed by atoms with van der Waals surface area (Å²) in [6.45, 7) is 3.44. The Kier molecular flexibility index (Phi) is 6.13. The van der Waals surface area contributed by atoms with Crippen LogP contribution in [0.15, 0.2) is 53.6 Å². The third kappa shape index (κ3) is 4.38. The Morgan fingerprint density at radius 1 is 1.20 bits per heavy atom. The first-order valence-corrected chi connectivity index (χ1v) is 10.6. The molecule has 2 atom stereocenters. The van der Waals surface area contributed by atoms with Gasteiger partial charge in [-0.05, 0) is 73.8 Å². The van der Waals surface area contributed by atoms with Gasteiger partial charge < -0.3 is 4.74 Å². The molecular weight excluding hydrogens is 381 g/mol. The molecule has 2 unspecified atom stereocenters. The number of carbonyl (C=O) groups is 1. The number of hydrogen-bond acceptors (Lipinski definition) is 4. The summed E-state index contributed by atoms with van der Waals surface area (Å²) in [6, 6.07) is 14.2. The maximum Gasteiger partial charge on any atom is 0.257 e. The first kappa shape index (κ1) is 20.5. The van der Waals surface area contributed by atoms with Crippen LogP contribution in [0.3, 0.4) is 0 Å². The predicted octanol–water partition coefficient (Wildman–Crippen LogP) is 4.39. The zero-order chi connectivity index (χ0) is 21.1. The summed E-state index contributed by atoms with van der Waals surface area (Å²) < 4.78 is 19.2. The number of hydrazone groups is 1. The molecule has 0 aliphatic carbocycles. The molecule has 2 aliphatic rings. The van der Waals surface area contributed by atoms with Crippen molar-refractivity contribution in [2.75, 3.05) is 20.2 Å². The molecule has 0 N–H and O–H groups in total. The van der Waals surface area contributed by atoms with Crippen LogP contribution in [-0.2, 0) is 4.79 Å². The van der Waals surface area contributed by atoms with Crippen LogP contribution in [0.25, 0.3) is 0 Å². The molecule has 5 nitrogen and oxygen atoms in total. The standard InChI is InChI=1S/C24H28FN3O2/c1-17-6-3-4-13-27(17)16-24(29)28-23(19-7-5-8-20(25)14-19)15-22(26-28)18-9-11-21(30-2)12-10-18/h5,7-12,14,17,23H,3-4,6,13,15-16H2,1-2H3. The SMILES string of the molecule is COc1ccc(C2=NN(C(=O)CN3CCCCC3C)C(c3cccc(F)c3)C2)cc1. The minimum Gasteiger partial charge on any atom is -0.497 e. The number of piperidine rings is 1. The van der Waals surface area contributed by atoms with E-state index in [1.54, 1.807) is 18.2 Å². The number of methoxy groups -OCH3 is 1. The fourth-order valence-corrected chi connectivity index (χ4v) is 4.31. The molecule has 0 spiro atoms. The molecular formula is C24H28FN3O2. The molecule has 30 heavy (non-hydrogen) atoms. The molecule has 2 heterocycles. The van der Waals surface area contributed by atoms with Gasteiger partial charge in [-0.2, -0.15) is 5.10 Å². The number of amides is 1. The number of hydrogen-bond donors (Lipinski definition) is 0. The Bertz CT molecular complexity index is 928. The lowest BCUT2D eigenvalue weighted by molar-refractivity contribution is -0.135. The molecule has 2 aliphatic heterocycles. The van der Waals surface area contributed by atoms with Crippen LogP contribution in [0.5, 0.6) is 5.75 Å². The second-order valence-corrected chi connectivity index (χ2v) is 8.10. The summed E-state index contributed by atoms with van der Waals surface area (Å²) in [5.74, 6) is 0.426. The maximum atomic E-state index is 13.9. The van der Waals surface area contributed by atoms with Gasteiger partial charge in [0.15, 0.2) is 0 Å². The molecule has 4 rings (SSSR count). The van der Waals surface area contributed by atoms with Gasteiger partial charge in [-0.3, -0.25) is 9.69 Å². The lowest BCUT2D eigenvalue weighted by Crippen LogP contribution is -2.44. The Balaban J connectivity index is 1.61. The molecule has 1 fully saturated rings. The second kappa shape index (κ2) is 8.96. The monoisotopic (exact) mass is 409 g/mol. The average molecular weight is 410 g/mol. The van der Waals surface area contributed by atoms with Gasteiger partial charge in [-0.25, -0.2) is 9.40 Å². The van der Waals surface area contributed by atoms with Crippen molar-refractivity contribution in [3.63, 3.8) is 0 Å². The number of halogens is 1. The van der Waals surface area contributed by atoms with Crippen LogP contribution < -0.4 is 4.74 Å². The Hall–Kier alpha value is -2.73. The first-order chi connectivity index (χ1) is 14.5. The van der Waals surface area contributed by atoms with Crippen molar-refractivity contribution in [2.45, 2.75) is 44.7 Å². The molecule has 0 saturated carbocycles. The molecule has 1 amide bonds. The highest BCUT2D eigenvalue weighted by atomic mass is 19.1. The molecule has 1 saturated heterocycles. The maximum absolute atomic E-state index is 13.9. The minimum absolute atomic E-state index is 0.0403. The topological polar surface area (TPSA) is 45.1 Å². The quantitative estimate of drug-likeness (QED) is 0.736. The van der Waals surface area contributed by atoms with E-state index >= 15 is 0 Å². The van der Waals surface area contributed by atoms with Crippen molar-refractivity contribution in [3.8, 4) is 5.75 Å². The van der Waals surface area contributed by atoms with Gasteiger partial charge in [-0.15, -0.1) is 0 Å². The van der Waals surface area contributed by atoms with E-state index in [4.69, 9.17) is 9.84 Å². The molecule has 0 bridgehead atoms. The summed E-state index contributed by atoms with van der Waals surface area (Å²) in [7, 11) is 1.63. The van der Waals surface area contributed by atoms with Crippen LogP contribution in [0.4, 0.5) is 4.39 Å². The summed E-state index contributed by atoms with van der Waals surface area (Å²) in [6.07, 6.45) is 3.99. The number of nitrogens with zero attached hydrogens (tertiary/aromatic N) is 3. The van der Waals surface area contributed by atoms with Crippen molar-refractivity contribution < 1.29 is 13.9 Å². The highest BCUT2D eigenvalue weighted by Crippen LogP contribution is 2.34. The van der Waals surface area contributed by atoms with Gasteiger partial charge >= 0.3 is 0 Å². The van der Waals surface area contributed by atoms with Crippen molar-refractivity contribution in [3.05, 3.63) is 65.5 Å². The molecule has 2 aromatic rings. The summed E-state index contributed by atoms with van der Waals surface area (Å²) in [5.41, 5.74) is 2.54. The Labute approximate surface area is 177 Å². The third-order valence-corrected chi connectivity index (χ3v) is 6.10. The van der Waals surface area contributed by atoms with E-state index in [-0.39, 0.29) is 17.8 Å². The molecule has 6 heteroatoms. The number of benzene rings is 2. The van der Waals surface area contributed by atoms with Crippen molar-refractivity contribution >= 4 is 11.6 Å². The zero-order valence-electron chi connectivity index (χ0n) is 17.6. The van der Waals surface area contributed by atoms with Crippen molar-refractivity contribution in [2.24, 2.45) is 5.10 Å². The van der Waals surface area contributed by atoms with E-state index in [2.05, 4.69) is 11.8 Å². The van der Waals surface area contributed by atoms with Gasteiger partial charge in [0.2, 0.25) is 0 Å². The molecule has 0 aromatic heterocycles. The lowest BCUT2D eigenvalue weighted by Gasteiger charge is -2.34. The largest absolute Gasteiger partial charge is 0.497 e. The van der Waals surface area contributed by atoms with Crippen molar-refractivity contribution in [1.29, 1.82) is 0 Å². The summed E-state index contributed by atoms with van der Waals surface area (Å²) in [4.78, 5) is 15.5. The van der Waals surface area contributed by atoms with E-state index in [1.807, 2.05) is 30.3 Å². The van der Waals surface area contributed by atoms with Gasteiger partial charge in [0.05, 0.1) is 25.4 Å². The summed E-state index contributed by atoms with van der Waals surface area (Å²) >= 11 is 0. The van der Waals surface area contributed by atoms with Crippen LogP contribution in [0.2, 0.25) is 0 Å². The number of ether oxygens (including phenoxy) is 1. The average Bonchev–Trinajstić information content (AvgIpc) is 3.21. The van der Waals surface area contributed by atoms with E-state index in [0.717, 1.165) is 42.0 Å². The summed E-state index contributed by atoms with van der Waals surface area (Å²) in [5, 5.41) is 6.27. The van der Waals surface area contributed by atoms with Crippen LogP contribution >= 0.6 is 0 Å². The molecule has 0 radical (unpaired) electrons. The second-order valence-electron chi connectivity index (χ2n) is 8.10. The normalized spacial score (nSPS) is 22.1. The minimum atomic E-state index is -0.303. The number of likely N-dealkylation sites (tertiary alicyclic amines) is 1. The first-order valence-electron chi connectivity index (χ1n) is 10.6. The highest BCUT2D eigenvalue weighted by Gasteiger charge is 2.34. The van der Waals surface area contributed by atoms with E-state index in [0.29, 0.717) is 19.0 Å². The number of rotatable bonds is 5. The van der Waals surface area contributed by atoms with E-state index in [1.165, 1.54) is 18.6 Å². The lowest BCUT2D eigenvalue weighted by atomic mass is 9.98. The van der Waals surface area contributed by atoms with Gasteiger partial charge in [0.1, 0.15) is 11.6 Å². The Morgan fingerprint density at radius 3 is 2.70 bits per heavy atom. The highest BCUT2D eigenvalue weighted by molar-refractivity contribution is 6.03. The fourth-order valence-electron chi connectivity index (χ4n) is 4.31. The van der Waals surface area contributed by atoms with Crippen LogP contribution in [-0.4, -0.2) is 47.8 Å². The zero-order valence-corrected chi connectivity index (χ0v) is 17.6. The van der Waals surface area contributed by atoms with Crippen molar-refractivity contribution in [1.82, 2.24) is 9.91 Å². The smallest absolute Gasteiger partial charge is 0.257 e. The fraction of sp³-hybridized carbons (Fsp3) is 0.417. The molecule has 2 aromatic carbocycles. The van der Waals surface area contributed by atoms with Gasteiger partial charge in [0.25, 0.3) is 5.91 Å². The van der Waals surface area contributed by atoms with E-state index < -0.39 is 0 Å². The molecule has 158 valence electrons. The van der Waals surface area contributed by atoms with Gasteiger partial charge in [0, 0.05) is 12.5 Å². The Morgan fingerprint density at radius 2 is 2.00 bits per heavy atom. The van der Waals surface area contributed by atoms with Crippen LogP contribution in [0.1, 0.15) is 49.8 Å². The third-order valence-electron chi connectivity index (χ3n) is 6.10. The number of carbonyl (C=O) groups excluding carboxylic acids is 1. The van der Waals surface area contributed by atoms with Crippen LogP contribution in [0, 0.1) is 5.82 Å². The van der Waals surface area contributed by atoms with Gasteiger partial charge in [-0.1, -0.05) is 18.6 Å².